The number of amides is 1. The molecule has 1 heterocycles. The van der Waals surface area contributed by atoms with Crippen LogP contribution in [0.3, 0.4) is 0 Å². The van der Waals surface area contributed by atoms with Gasteiger partial charge in [0.15, 0.2) is 9.84 Å². The number of likely N-dealkylation sites (tertiary alicyclic amines) is 1. The Hall–Kier alpha value is -1.31. The standard InChI is InChI=1S/C22H35ClN2O4S/c1-17(2)25(21(26)29-22(3,4)5)16-18-7-6-12-24(15-18)13-14-30(27,28)20-10-8-19(23)9-11-20/h8-11,17-18H,6-7,12-16H2,1-5H3. The van der Waals surface area contributed by atoms with Gasteiger partial charge in [-0.1, -0.05) is 11.6 Å². The molecule has 1 aliphatic rings. The van der Waals surface area contributed by atoms with Gasteiger partial charge in [0, 0.05) is 30.7 Å². The van der Waals surface area contributed by atoms with Gasteiger partial charge in [-0.3, -0.25) is 0 Å². The van der Waals surface area contributed by atoms with Gasteiger partial charge in [0.1, 0.15) is 5.60 Å². The van der Waals surface area contributed by atoms with E-state index in [0.717, 1.165) is 25.9 Å². The summed E-state index contributed by atoms with van der Waals surface area (Å²) < 4.78 is 30.8. The highest BCUT2D eigenvalue weighted by molar-refractivity contribution is 7.91. The van der Waals surface area contributed by atoms with Crippen LogP contribution in [0.4, 0.5) is 4.79 Å². The van der Waals surface area contributed by atoms with Crippen molar-refractivity contribution in [2.75, 3.05) is 31.9 Å². The molecule has 1 unspecified atom stereocenters. The van der Waals surface area contributed by atoms with Crippen molar-refractivity contribution < 1.29 is 17.9 Å². The van der Waals surface area contributed by atoms with E-state index in [1.165, 1.54) is 0 Å². The fraction of sp³-hybridized carbons (Fsp3) is 0.682. The van der Waals surface area contributed by atoms with Crippen LogP contribution in [-0.4, -0.2) is 67.9 Å². The van der Waals surface area contributed by atoms with Crippen molar-refractivity contribution in [1.82, 2.24) is 9.80 Å². The van der Waals surface area contributed by atoms with Gasteiger partial charge >= 0.3 is 6.09 Å². The number of benzene rings is 1. The first kappa shape index (κ1) is 25.0. The molecule has 0 N–H and O–H groups in total. The topological polar surface area (TPSA) is 66.9 Å². The maximum absolute atomic E-state index is 12.6. The number of carbonyl (C=O) groups is 1. The van der Waals surface area contributed by atoms with E-state index >= 15 is 0 Å². The number of ether oxygens (including phenoxy) is 1. The number of halogens is 1. The van der Waals surface area contributed by atoms with E-state index in [9.17, 15) is 13.2 Å². The second kappa shape index (κ2) is 10.3. The molecule has 0 bridgehead atoms. The van der Waals surface area contributed by atoms with Crippen LogP contribution in [0.1, 0.15) is 47.5 Å². The van der Waals surface area contributed by atoms with Crippen LogP contribution < -0.4 is 0 Å². The molecule has 1 amide bonds. The van der Waals surface area contributed by atoms with Crippen LogP contribution in [0, 0.1) is 5.92 Å². The van der Waals surface area contributed by atoms with Crippen LogP contribution in [0.25, 0.3) is 0 Å². The number of rotatable bonds is 7. The molecule has 30 heavy (non-hydrogen) atoms. The molecule has 170 valence electrons. The molecule has 2 rings (SSSR count). The molecule has 1 aromatic carbocycles. The smallest absolute Gasteiger partial charge is 0.410 e. The molecule has 0 aromatic heterocycles. The zero-order valence-electron chi connectivity index (χ0n) is 18.7. The maximum Gasteiger partial charge on any atom is 0.410 e. The van der Waals surface area contributed by atoms with E-state index < -0.39 is 15.4 Å². The molecular weight excluding hydrogens is 424 g/mol. The van der Waals surface area contributed by atoms with Crippen molar-refractivity contribution in [2.24, 2.45) is 5.92 Å². The number of sulfone groups is 1. The average molecular weight is 459 g/mol. The van der Waals surface area contributed by atoms with Gasteiger partial charge in [-0.2, -0.15) is 0 Å². The quantitative estimate of drug-likeness (QED) is 0.603. The lowest BCUT2D eigenvalue weighted by Crippen LogP contribution is -2.47. The number of nitrogens with zero attached hydrogens (tertiary/aromatic N) is 2. The summed E-state index contributed by atoms with van der Waals surface area (Å²) in [5, 5.41) is 0.521. The Bertz CT molecular complexity index is 803. The summed E-state index contributed by atoms with van der Waals surface area (Å²) in [5.74, 6) is 0.369. The van der Waals surface area contributed by atoms with E-state index in [-0.39, 0.29) is 17.9 Å². The van der Waals surface area contributed by atoms with E-state index in [0.29, 0.717) is 28.9 Å². The molecule has 1 fully saturated rings. The van der Waals surface area contributed by atoms with Gasteiger partial charge in [0.2, 0.25) is 0 Å². The number of hydrogen-bond donors (Lipinski definition) is 0. The van der Waals surface area contributed by atoms with Crippen LogP contribution in [-0.2, 0) is 14.6 Å². The monoisotopic (exact) mass is 458 g/mol. The third-order valence-electron chi connectivity index (χ3n) is 5.16. The lowest BCUT2D eigenvalue weighted by Gasteiger charge is -2.37. The summed E-state index contributed by atoms with van der Waals surface area (Å²) in [4.78, 5) is 16.9. The Morgan fingerprint density at radius 1 is 1.27 bits per heavy atom. The van der Waals surface area contributed by atoms with Gasteiger partial charge < -0.3 is 14.5 Å². The minimum atomic E-state index is -3.35. The normalized spacial score (nSPS) is 18.4. The molecule has 6 nitrogen and oxygen atoms in total. The van der Waals surface area contributed by atoms with Crippen molar-refractivity contribution in [1.29, 1.82) is 0 Å². The Balaban J connectivity index is 1.94. The second-order valence-corrected chi connectivity index (χ2v) is 11.9. The van der Waals surface area contributed by atoms with E-state index in [1.807, 2.05) is 34.6 Å². The molecule has 1 atom stereocenters. The second-order valence-electron chi connectivity index (χ2n) is 9.31. The summed E-state index contributed by atoms with van der Waals surface area (Å²) in [6.45, 7) is 12.3. The number of piperidine rings is 1. The van der Waals surface area contributed by atoms with Gasteiger partial charge in [0.05, 0.1) is 10.6 Å². The Morgan fingerprint density at radius 2 is 1.90 bits per heavy atom. The molecule has 8 heteroatoms. The lowest BCUT2D eigenvalue weighted by atomic mass is 9.97. The van der Waals surface area contributed by atoms with Gasteiger partial charge in [-0.15, -0.1) is 0 Å². The average Bonchev–Trinajstić information content (AvgIpc) is 2.63. The van der Waals surface area contributed by atoms with Crippen molar-refractivity contribution in [3.63, 3.8) is 0 Å². The predicted molar refractivity (Wildman–Crippen MR) is 121 cm³/mol. The van der Waals surface area contributed by atoms with Crippen LogP contribution in [0.2, 0.25) is 5.02 Å². The third kappa shape index (κ3) is 7.75. The van der Waals surface area contributed by atoms with Crippen molar-refractivity contribution in [2.45, 2.75) is 64.0 Å². The van der Waals surface area contributed by atoms with Crippen molar-refractivity contribution in [3.05, 3.63) is 29.3 Å². The molecule has 0 saturated carbocycles. The molecule has 0 radical (unpaired) electrons. The summed E-state index contributed by atoms with van der Waals surface area (Å²) in [6.07, 6.45) is 1.72. The first-order valence-corrected chi connectivity index (χ1v) is 12.6. The summed E-state index contributed by atoms with van der Waals surface area (Å²) in [7, 11) is -3.35. The predicted octanol–water partition coefficient (Wildman–Crippen LogP) is 4.47. The van der Waals surface area contributed by atoms with E-state index in [4.69, 9.17) is 16.3 Å². The summed E-state index contributed by atoms with van der Waals surface area (Å²) in [6, 6.07) is 6.35. The van der Waals surface area contributed by atoms with Crippen LogP contribution in [0.15, 0.2) is 29.2 Å². The zero-order valence-corrected chi connectivity index (χ0v) is 20.3. The fourth-order valence-electron chi connectivity index (χ4n) is 3.61. The number of carbonyl (C=O) groups excluding carboxylic acids is 1. The van der Waals surface area contributed by atoms with Crippen molar-refractivity contribution in [3.8, 4) is 0 Å². The molecule has 1 aliphatic heterocycles. The SMILES string of the molecule is CC(C)N(CC1CCCN(CCS(=O)(=O)c2ccc(Cl)cc2)C1)C(=O)OC(C)(C)C. The first-order valence-electron chi connectivity index (χ1n) is 10.6. The van der Waals surface area contributed by atoms with Gasteiger partial charge in [-0.25, -0.2) is 13.2 Å². The Morgan fingerprint density at radius 3 is 2.47 bits per heavy atom. The van der Waals surface area contributed by atoms with E-state index in [1.54, 1.807) is 29.2 Å². The zero-order chi connectivity index (χ0) is 22.5. The van der Waals surface area contributed by atoms with Crippen LogP contribution >= 0.6 is 11.6 Å². The highest BCUT2D eigenvalue weighted by Gasteiger charge is 2.29. The van der Waals surface area contributed by atoms with Gasteiger partial charge in [0.25, 0.3) is 0 Å². The molecule has 0 spiro atoms. The van der Waals surface area contributed by atoms with Crippen LogP contribution in [0.5, 0.6) is 0 Å². The summed E-state index contributed by atoms with van der Waals surface area (Å²) >= 11 is 5.86. The largest absolute Gasteiger partial charge is 0.444 e. The first-order chi connectivity index (χ1) is 13.9. The third-order valence-corrected chi connectivity index (χ3v) is 7.12. The highest BCUT2D eigenvalue weighted by Crippen LogP contribution is 2.21. The molecule has 0 aliphatic carbocycles. The minimum absolute atomic E-state index is 0.0421. The number of hydrogen-bond acceptors (Lipinski definition) is 5. The van der Waals surface area contributed by atoms with Crippen molar-refractivity contribution >= 4 is 27.5 Å². The summed E-state index contributed by atoms with van der Waals surface area (Å²) in [5.41, 5.74) is -0.529. The molecular formula is C22H35ClN2O4S. The Labute approximate surface area is 186 Å². The molecule has 1 aromatic rings. The maximum atomic E-state index is 12.6. The lowest BCUT2D eigenvalue weighted by molar-refractivity contribution is 0.0122. The fourth-order valence-corrected chi connectivity index (χ4v) is 5.02. The minimum Gasteiger partial charge on any atom is -0.444 e. The van der Waals surface area contributed by atoms with Gasteiger partial charge in [-0.05, 0) is 84.2 Å². The molecule has 1 saturated heterocycles. The Kier molecular flexibility index (Phi) is 8.60. The highest BCUT2D eigenvalue weighted by atomic mass is 35.5. The van der Waals surface area contributed by atoms with E-state index in [2.05, 4.69) is 4.90 Å².